The largest absolute Gasteiger partial charge is 0.335 e. The van der Waals surface area contributed by atoms with Gasteiger partial charge in [0.15, 0.2) is 5.69 Å². The van der Waals surface area contributed by atoms with Crippen LogP contribution in [0.25, 0.3) is 5.69 Å². The SMILES string of the molecule is O=C(c1nn(-c2ccc(F)cc2)c2c1CCC2)N1CCN(CC(F)F)CC1. The smallest absolute Gasteiger partial charge is 0.274 e. The second kappa shape index (κ2) is 7.34. The molecule has 2 aliphatic rings. The van der Waals surface area contributed by atoms with Crippen molar-refractivity contribution in [2.75, 3.05) is 32.7 Å². The molecule has 27 heavy (non-hydrogen) atoms. The quantitative estimate of drug-likeness (QED) is 0.821. The molecule has 0 bridgehead atoms. The fraction of sp³-hybridized carbons (Fsp3) is 0.474. The fourth-order valence-corrected chi connectivity index (χ4v) is 3.88. The highest BCUT2D eigenvalue weighted by molar-refractivity contribution is 5.94. The van der Waals surface area contributed by atoms with Crippen molar-refractivity contribution >= 4 is 5.91 Å². The van der Waals surface area contributed by atoms with Crippen molar-refractivity contribution in [3.05, 3.63) is 47.0 Å². The Morgan fingerprint density at radius 2 is 1.78 bits per heavy atom. The summed E-state index contributed by atoms with van der Waals surface area (Å²) in [7, 11) is 0. The molecule has 2 aromatic rings. The average Bonchev–Trinajstić information content (AvgIpc) is 3.25. The van der Waals surface area contributed by atoms with Gasteiger partial charge in [-0.1, -0.05) is 0 Å². The minimum Gasteiger partial charge on any atom is -0.335 e. The van der Waals surface area contributed by atoms with E-state index >= 15 is 0 Å². The Bertz CT molecular complexity index is 826. The molecule has 0 N–H and O–H groups in total. The van der Waals surface area contributed by atoms with E-state index in [-0.39, 0.29) is 18.3 Å². The molecule has 144 valence electrons. The molecule has 5 nitrogen and oxygen atoms in total. The maximum Gasteiger partial charge on any atom is 0.274 e. The lowest BCUT2D eigenvalue weighted by Gasteiger charge is -2.34. The van der Waals surface area contributed by atoms with Crippen LogP contribution in [-0.4, -0.2) is 64.6 Å². The molecule has 1 saturated heterocycles. The normalized spacial score (nSPS) is 17.6. The molecular weight excluding hydrogens is 357 g/mol. The molecule has 0 atom stereocenters. The molecule has 1 aliphatic carbocycles. The number of carbonyl (C=O) groups excluding carboxylic acids is 1. The van der Waals surface area contributed by atoms with Gasteiger partial charge in [-0.15, -0.1) is 0 Å². The summed E-state index contributed by atoms with van der Waals surface area (Å²) in [5.41, 5.74) is 3.13. The number of fused-ring (bicyclic) bond motifs is 1. The Hall–Kier alpha value is -2.35. The van der Waals surface area contributed by atoms with E-state index in [0.717, 1.165) is 36.2 Å². The van der Waals surface area contributed by atoms with Crippen LogP contribution in [0.3, 0.4) is 0 Å². The molecule has 1 aliphatic heterocycles. The number of hydrogen-bond donors (Lipinski definition) is 0. The van der Waals surface area contributed by atoms with Gasteiger partial charge in [-0.3, -0.25) is 9.69 Å². The lowest BCUT2D eigenvalue weighted by molar-refractivity contribution is 0.0454. The molecule has 1 amide bonds. The second-order valence-electron chi connectivity index (χ2n) is 7.00. The first-order valence-corrected chi connectivity index (χ1v) is 9.19. The van der Waals surface area contributed by atoms with Crippen molar-refractivity contribution in [2.45, 2.75) is 25.7 Å². The van der Waals surface area contributed by atoms with Gasteiger partial charge in [0.1, 0.15) is 5.82 Å². The van der Waals surface area contributed by atoms with Crippen molar-refractivity contribution in [3.63, 3.8) is 0 Å². The summed E-state index contributed by atoms with van der Waals surface area (Å²) in [6.45, 7) is 1.47. The minimum absolute atomic E-state index is 0.147. The molecule has 2 heterocycles. The average molecular weight is 378 g/mol. The first kappa shape index (κ1) is 18.0. The topological polar surface area (TPSA) is 41.4 Å². The van der Waals surface area contributed by atoms with Gasteiger partial charge >= 0.3 is 0 Å². The highest BCUT2D eigenvalue weighted by atomic mass is 19.3. The van der Waals surface area contributed by atoms with Crippen LogP contribution in [0.2, 0.25) is 0 Å². The monoisotopic (exact) mass is 378 g/mol. The maximum atomic E-state index is 13.2. The molecular formula is C19H21F3N4O. The Labute approximate surface area is 155 Å². The first-order chi connectivity index (χ1) is 13.0. The van der Waals surface area contributed by atoms with E-state index in [4.69, 9.17) is 0 Å². The van der Waals surface area contributed by atoms with Gasteiger partial charge in [-0.25, -0.2) is 17.9 Å². The van der Waals surface area contributed by atoms with E-state index in [2.05, 4.69) is 5.10 Å². The van der Waals surface area contributed by atoms with Crippen LogP contribution >= 0.6 is 0 Å². The van der Waals surface area contributed by atoms with E-state index in [9.17, 15) is 18.0 Å². The van der Waals surface area contributed by atoms with Crippen LogP contribution in [0.15, 0.2) is 24.3 Å². The number of carbonyl (C=O) groups is 1. The number of rotatable bonds is 4. The molecule has 0 radical (unpaired) electrons. The molecule has 0 spiro atoms. The van der Waals surface area contributed by atoms with Gasteiger partial charge in [0.2, 0.25) is 0 Å². The number of amides is 1. The third kappa shape index (κ3) is 3.58. The van der Waals surface area contributed by atoms with E-state index < -0.39 is 6.43 Å². The van der Waals surface area contributed by atoms with Crippen molar-refractivity contribution in [3.8, 4) is 5.69 Å². The number of aromatic nitrogens is 2. The number of piperazine rings is 1. The summed E-state index contributed by atoms with van der Waals surface area (Å²) in [6.07, 6.45) is 0.219. The van der Waals surface area contributed by atoms with E-state index in [1.807, 2.05) is 0 Å². The van der Waals surface area contributed by atoms with Crippen molar-refractivity contribution in [1.82, 2.24) is 19.6 Å². The van der Waals surface area contributed by atoms with E-state index in [0.29, 0.717) is 31.9 Å². The van der Waals surface area contributed by atoms with Gasteiger partial charge in [0.25, 0.3) is 12.3 Å². The second-order valence-corrected chi connectivity index (χ2v) is 7.00. The van der Waals surface area contributed by atoms with Gasteiger partial charge in [0.05, 0.1) is 12.2 Å². The van der Waals surface area contributed by atoms with Crippen LogP contribution in [0.4, 0.5) is 13.2 Å². The van der Waals surface area contributed by atoms with Crippen LogP contribution in [0.1, 0.15) is 28.2 Å². The number of benzene rings is 1. The minimum atomic E-state index is -2.36. The Morgan fingerprint density at radius 3 is 2.44 bits per heavy atom. The fourth-order valence-electron chi connectivity index (χ4n) is 3.88. The van der Waals surface area contributed by atoms with Crippen molar-refractivity contribution in [1.29, 1.82) is 0 Å². The number of halogens is 3. The van der Waals surface area contributed by atoms with E-state index in [1.165, 1.54) is 12.1 Å². The molecule has 4 rings (SSSR count). The summed E-state index contributed by atoms with van der Waals surface area (Å²) in [6, 6.07) is 6.06. The van der Waals surface area contributed by atoms with Gasteiger partial charge in [-0.2, -0.15) is 5.10 Å². The lowest BCUT2D eigenvalue weighted by Crippen LogP contribution is -2.50. The number of alkyl halides is 2. The summed E-state index contributed by atoms with van der Waals surface area (Å²) in [5.74, 6) is -0.466. The predicted octanol–water partition coefficient (Wildman–Crippen LogP) is 2.52. The summed E-state index contributed by atoms with van der Waals surface area (Å²) in [4.78, 5) is 16.4. The molecule has 1 fully saturated rings. The maximum absolute atomic E-state index is 13.2. The highest BCUT2D eigenvalue weighted by Crippen LogP contribution is 2.29. The Kier molecular flexibility index (Phi) is 4.90. The van der Waals surface area contributed by atoms with Crippen LogP contribution < -0.4 is 0 Å². The number of hydrogen-bond acceptors (Lipinski definition) is 3. The van der Waals surface area contributed by atoms with Gasteiger partial charge in [0, 0.05) is 37.4 Å². The zero-order valence-electron chi connectivity index (χ0n) is 14.9. The molecule has 1 aromatic carbocycles. The molecule has 8 heteroatoms. The predicted molar refractivity (Wildman–Crippen MR) is 93.9 cm³/mol. The van der Waals surface area contributed by atoms with Gasteiger partial charge < -0.3 is 4.90 Å². The lowest BCUT2D eigenvalue weighted by atomic mass is 10.1. The summed E-state index contributed by atoms with van der Waals surface area (Å²) in [5, 5.41) is 4.54. The molecule has 1 aromatic heterocycles. The third-order valence-electron chi connectivity index (χ3n) is 5.26. The third-order valence-corrected chi connectivity index (χ3v) is 5.26. The van der Waals surface area contributed by atoms with E-state index in [1.54, 1.807) is 26.6 Å². The zero-order valence-corrected chi connectivity index (χ0v) is 14.9. The van der Waals surface area contributed by atoms with Crippen LogP contribution in [-0.2, 0) is 12.8 Å². The molecule has 0 saturated carbocycles. The van der Waals surface area contributed by atoms with Gasteiger partial charge in [-0.05, 0) is 43.5 Å². The van der Waals surface area contributed by atoms with Crippen molar-refractivity contribution in [2.24, 2.45) is 0 Å². The summed E-state index contributed by atoms with van der Waals surface area (Å²) < 4.78 is 40.0. The summed E-state index contributed by atoms with van der Waals surface area (Å²) >= 11 is 0. The van der Waals surface area contributed by atoms with Crippen LogP contribution in [0, 0.1) is 5.82 Å². The first-order valence-electron chi connectivity index (χ1n) is 9.19. The Balaban J connectivity index is 1.55. The molecule has 0 unspecified atom stereocenters. The Morgan fingerprint density at radius 1 is 1.07 bits per heavy atom. The zero-order chi connectivity index (χ0) is 19.0. The van der Waals surface area contributed by atoms with Crippen molar-refractivity contribution < 1.29 is 18.0 Å². The van der Waals surface area contributed by atoms with Crippen LogP contribution in [0.5, 0.6) is 0 Å². The number of nitrogens with zero attached hydrogens (tertiary/aromatic N) is 4. The standard InChI is InChI=1S/C19H21F3N4O/c20-13-4-6-14(7-5-13)26-16-3-1-2-15(16)18(23-26)19(27)25-10-8-24(9-11-25)12-17(21)22/h4-7,17H,1-3,8-12H2. The highest BCUT2D eigenvalue weighted by Gasteiger charge is 2.31.